The molecule has 116 valence electrons. The zero-order valence-electron chi connectivity index (χ0n) is 12.4. The van der Waals surface area contributed by atoms with E-state index in [1.54, 1.807) is 17.5 Å². The van der Waals surface area contributed by atoms with Gasteiger partial charge in [0.05, 0.1) is 13.1 Å². The maximum absolute atomic E-state index is 12.2. The molecule has 0 radical (unpaired) electrons. The summed E-state index contributed by atoms with van der Waals surface area (Å²) in [6.45, 7) is 3.66. The molecule has 1 aliphatic heterocycles. The van der Waals surface area contributed by atoms with E-state index in [0.717, 1.165) is 25.2 Å². The molecule has 0 aliphatic carbocycles. The summed E-state index contributed by atoms with van der Waals surface area (Å²) in [6, 6.07) is 8.25. The third-order valence-corrected chi connectivity index (χ3v) is 4.69. The first-order valence-electron chi connectivity index (χ1n) is 7.47. The van der Waals surface area contributed by atoms with Crippen molar-refractivity contribution in [3.8, 4) is 0 Å². The molecule has 5 nitrogen and oxygen atoms in total. The molecule has 0 bridgehead atoms. The van der Waals surface area contributed by atoms with Crippen molar-refractivity contribution in [2.24, 2.45) is 0 Å². The van der Waals surface area contributed by atoms with Crippen molar-refractivity contribution >= 4 is 17.2 Å². The number of aromatic nitrogens is 1. The fourth-order valence-electron chi connectivity index (χ4n) is 2.68. The highest BCUT2D eigenvalue weighted by atomic mass is 32.1. The molecule has 2 aromatic rings. The molecule has 2 N–H and O–H groups in total. The molecule has 1 fully saturated rings. The average molecular weight is 316 g/mol. The Morgan fingerprint density at radius 2 is 2.41 bits per heavy atom. The summed E-state index contributed by atoms with van der Waals surface area (Å²) in [7, 11) is 0. The van der Waals surface area contributed by atoms with Gasteiger partial charge in [-0.3, -0.25) is 14.7 Å². The van der Waals surface area contributed by atoms with Crippen molar-refractivity contribution in [3.05, 3.63) is 52.5 Å². The highest BCUT2D eigenvalue weighted by Gasteiger charge is 2.25. The molecule has 3 rings (SSSR count). The van der Waals surface area contributed by atoms with Crippen molar-refractivity contribution in [3.63, 3.8) is 0 Å². The molecule has 2 aromatic heterocycles. The van der Waals surface area contributed by atoms with Gasteiger partial charge in [-0.05, 0) is 23.1 Å². The van der Waals surface area contributed by atoms with Gasteiger partial charge in [0.25, 0.3) is 0 Å². The highest BCUT2D eigenvalue weighted by molar-refractivity contribution is 7.09. The predicted molar refractivity (Wildman–Crippen MR) is 87.6 cm³/mol. The van der Waals surface area contributed by atoms with Gasteiger partial charge in [-0.1, -0.05) is 12.1 Å². The van der Waals surface area contributed by atoms with Crippen LogP contribution in [0.4, 0.5) is 0 Å². The molecule has 0 spiro atoms. The van der Waals surface area contributed by atoms with Crippen LogP contribution >= 0.6 is 11.3 Å². The SMILES string of the molecule is O=C(CN1CCNCC1c1cccnc1)NCc1cccs1. The molecule has 0 aromatic carbocycles. The van der Waals surface area contributed by atoms with Crippen LogP contribution in [0, 0.1) is 0 Å². The van der Waals surface area contributed by atoms with E-state index >= 15 is 0 Å². The van der Waals surface area contributed by atoms with Crippen LogP contribution in [0.1, 0.15) is 16.5 Å². The summed E-state index contributed by atoms with van der Waals surface area (Å²) in [5, 5.41) is 8.41. The van der Waals surface area contributed by atoms with Crippen molar-refractivity contribution < 1.29 is 4.79 Å². The molecule has 1 amide bonds. The van der Waals surface area contributed by atoms with Gasteiger partial charge in [-0.25, -0.2) is 0 Å². The van der Waals surface area contributed by atoms with E-state index < -0.39 is 0 Å². The van der Waals surface area contributed by atoms with Gasteiger partial charge in [-0.15, -0.1) is 11.3 Å². The van der Waals surface area contributed by atoms with Gasteiger partial charge in [-0.2, -0.15) is 0 Å². The summed E-state index contributed by atoms with van der Waals surface area (Å²) >= 11 is 1.66. The second-order valence-electron chi connectivity index (χ2n) is 5.33. The Balaban J connectivity index is 1.58. The van der Waals surface area contributed by atoms with Gasteiger partial charge >= 0.3 is 0 Å². The molecule has 0 saturated carbocycles. The third kappa shape index (κ3) is 3.91. The second-order valence-corrected chi connectivity index (χ2v) is 6.37. The quantitative estimate of drug-likeness (QED) is 0.876. The first-order valence-corrected chi connectivity index (χ1v) is 8.34. The molecule has 1 aliphatic rings. The van der Waals surface area contributed by atoms with Crippen LogP contribution in [0.25, 0.3) is 0 Å². The molecule has 1 unspecified atom stereocenters. The highest BCUT2D eigenvalue weighted by Crippen LogP contribution is 2.20. The fraction of sp³-hybridized carbons (Fsp3) is 0.375. The van der Waals surface area contributed by atoms with E-state index in [4.69, 9.17) is 0 Å². The number of amides is 1. The van der Waals surface area contributed by atoms with Crippen LogP contribution in [-0.4, -0.2) is 42.0 Å². The fourth-order valence-corrected chi connectivity index (χ4v) is 3.32. The van der Waals surface area contributed by atoms with Gasteiger partial charge in [0, 0.05) is 42.9 Å². The number of rotatable bonds is 5. The number of pyridine rings is 1. The lowest BCUT2D eigenvalue weighted by Crippen LogP contribution is -2.49. The van der Waals surface area contributed by atoms with Gasteiger partial charge in [0.2, 0.25) is 5.91 Å². The van der Waals surface area contributed by atoms with Gasteiger partial charge in [0.15, 0.2) is 0 Å². The first-order chi connectivity index (χ1) is 10.8. The van der Waals surface area contributed by atoms with Crippen LogP contribution in [0.3, 0.4) is 0 Å². The molecular weight excluding hydrogens is 296 g/mol. The van der Waals surface area contributed by atoms with E-state index in [1.165, 1.54) is 4.88 Å². The third-order valence-electron chi connectivity index (χ3n) is 3.81. The largest absolute Gasteiger partial charge is 0.350 e. The number of hydrogen-bond donors (Lipinski definition) is 2. The number of thiophene rings is 1. The number of carbonyl (C=O) groups excluding carboxylic acids is 1. The first kappa shape index (κ1) is 15.1. The van der Waals surface area contributed by atoms with Crippen LogP contribution < -0.4 is 10.6 Å². The topological polar surface area (TPSA) is 57.3 Å². The van der Waals surface area contributed by atoms with E-state index in [9.17, 15) is 4.79 Å². The Morgan fingerprint density at radius 1 is 1.45 bits per heavy atom. The summed E-state index contributed by atoms with van der Waals surface area (Å²) in [6.07, 6.45) is 3.66. The summed E-state index contributed by atoms with van der Waals surface area (Å²) < 4.78 is 0. The van der Waals surface area contributed by atoms with E-state index in [2.05, 4.69) is 26.6 Å². The number of carbonyl (C=O) groups is 1. The Morgan fingerprint density at radius 3 is 3.18 bits per heavy atom. The Labute approximate surface area is 134 Å². The molecular formula is C16H20N4OS. The minimum absolute atomic E-state index is 0.0733. The normalized spacial score (nSPS) is 19.0. The minimum Gasteiger partial charge on any atom is -0.350 e. The van der Waals surface area contributed by atoms with E-state index in [-0.39, 0.29) is 11.9 Å². The van der Waals surface area contributed by atoms with Crippen LogP contribution in [-0.2, 0) is 11.3 Å². The van der Waals surface area contributed by atoms with Crippen LogP contribution in [0.5, 0.6) is 0 Å². The zero-order chi connectivity index (χ0) is 15.2. The monoisotopic (exact) mass is 316 g/mol. The van der Waals surface area contributed by atoms with Crippen molar-refractivity contribution in [2.45, 2.75) is 12.6 Å². The Hall–Kier alpha value is -1.76. The van der Waals surface area contributed by atoms with Crippen molar-refractivity contribution in [2.75, 3.05) is 26.2 Å². The maximum atomic E-state index is 12.2. The van der Waals surface area contributed by atoms with E-state index in [1.807, 2.05) is 29.8 Å². The Bertz CT molecular complexity index is 587. The zero-order valence-corrected chi connectivity index (χ0v) is 13.2. The summed E-state index contributed by atoms with van der Waals surface area (Å²) in [5.41, 5.74) is 1.15. The summed E-state index contributed by atoms with van der Waals surface area (Å²) in [5.74, 6) is 0.0733. The number of hydrogen-bond acceptors (Lipinski definition) is 5. The smallest absolute Gasteiger partial charge is 0.234 e. The van der Waals surface area contributed by atoms with Crippen LogP contribution in [0.15, 0.2) is 42.0 Å². The molecule has 3 heterocycles. The summed E-state index contributed by atoms with van der Waals surface area (Å²) in [4.78, 5) is 19.8. The van der Waals surface area contributed by atoms with Gasteiger partial charge in [0.1, 0.15) is 0 Å². The number of piperazine rings is 1. The lowest BCUT2D eigenvalue weighted by atomic mass is 10.1. The van der Waals surface area contributed by atoms with Crippen LogP contribution in [0.2, 0.25) is 0 Å². The minimum atomic E-state index is 0.0733. The number of nitrogens with one attached hydrogen (secondary N) is 2. The standard InChI is InChI=1S/C16H20N4OS/c21-16(19-10-14-4-2-8-22-14)12-20-7-6-18-11-15(20)13-3-1-5-17-9-13/h1-5,8-9,15,18H,6-7,10-12H2,(H,19,21). The number of nitrogens with zero attached hydrogens (tertiary/aromatic N) is 2. The van der Waals surface area contributed by atoms with Crippen molar-refractivity contribution in [1.82, 2.24) is 20.5 Å². The van der Waals surface area contributed by atoms with Crippen molar-refractivity contribution in [1.29, 1.82) is 0 Å². The maximum Gasteiger partial charge on any atom is 0.234 e. The molecule has 22 heavy (non-hydrogen) atoms. The second kappa shape index (κ2) is 7.49. The molecule has 1 saturated heterocycles. The predicted octanol–water partition coefficient (Wildman–Crippen LogP) is 1.41. The molecule has 1 atom stereocenters. The lowest BCUT2D eigenvalue weighted by Gasteiger charge is -2.35. The van der Waals surface area contributed by atoms with E-state index in [0.29, 0.717) is 13.1 Å². The Kier molecular flexibility index (Phi) is 5.15. The molecule has 6 heteroatoms. The van der Waals surface area contributed by atoms with Gasteiger partial charge < -0.3 is 10.6 Å². The average Bonchev–Trinajstić information content (AvgIpc) is 3.08. The lowest BCUT2D eigenvalue weighted by molar-refractivity contribution is -0.123.